The zero-order valence-electron chi connectivity index (χ0n) is 12.0. The summed E-state index contributed by atoms with van der Waals surface area (Å²) in [4.78, 5) is 26.7. The summed E-state index contributed by atoms with van der Waals surface area (Å²) in [5.41, 5.74) is 0.477. The zero-order chi connectivity index (χ0) is 16.3. The molecule has 8 heteroatoms. The Morgan fingerprint density at radius 3 is 2.64 bits per heavy atom. The fourth-order valence-electron chi connectivity index (χ4n) is 1.65. The minimum atomic E-state index is -1.07. The van der Waals surface area contributed by atoms with Gasteiger partial charge in [0.25, 0.3) is 5.56 Å². The first-order valence-corrected chi connectivity index (χ1v) is 7.44. The van der Waals surface area contributed by atoms with E-state index in [-0.39, 0.29) is 16.7 Å². The van der Waals surface area contributed by atoms with Crippen LogP contribution in [-0.4, -0.2) is 25.8 Å². The second-order valence-corrected chi connectivity index (χ2v) is 5.60. The summed E-state index contributed by atoms with van der Waals surface area (Å²) in [5.74, 6) is -0.981. The number of hydrogen-bond acceptors (Lipinski definition) is 5. The molecule has 0 bridgehead atoms. The fraction of sp³-hybridized carbons (Fsp3) is 0.286. The van der Waals surface area contributed by atoms with Crippen molar-refractivity contribution in [2.45, 2.75) is 30.8 Å². The van der Waals surface area contributed by atoms with Gasteiger partial charge in [-0.05, 0) is 31.5 Å². The number of aliphatic carboxylic acids is 1. The van der Waals surface area contributed by atoms with Gasteiger partial charge in [-0.3, -0.25) is 4.79 Å². The van der Waals surface area contributed by atoms with Crippen LogP contribution in [0.5, 0.6) is 0 Å². The predicted molar refractivity (Wildman–Crippen MR) is 79.3 cm³/mol. The van der Waals surface area contributed by atoms with Gasteiger partial charge in [-0.1, -0.05) is 23.9 Å². The highest BCUT2D eigenvalue weighted by Gasteiger charge is 2.19. The lowest BCUT2D eigenvalue weighted by Crippen LogP contribution is -2.26. The van der Waals surface area contributed by atoms with Crippen molar-refractivity contribution >= 4 is 17.7 Å². The number of hydrogen-bond donors (Lipinski definition) is 1. The molecule has 1 atom stereocenters. The van der Waals surface area contributed by atoms with Crippen molar-refractivity contribution < 1.29 is 14.3 Å². The van der Waals surface area contributed by atoms with Gasteiger partial charge < -0.3 is 5.11 Å². The molecule has 0 amide bonds. The summed E-state index contributed by atoms with van der Waals surface area (Å²) in [5, 5.41) is 13.3. The van der Waals surface area contributed by atoms with E-state index in [1.54, 1.807) is 12.1 Å². The van der Waals surface area contributed by atoms with Crippen LogP contribution in [0.25, 0.3) is 0 Å². The maximum Gasteiger partial charge on any atom is 0.328 e. The van der Waals surface area contributed by atoms with Crippen LogP contribution in [0.3, 0.4) is 0 Å². The molecule has 0 saturated heterocycles. The van der Waals surface area contributed by atoms with Gasteiger partial charge in [0.15, 0.2) is 5.16 Å². The Hall–Kier alpha value is -2.22. The van der Waals surface area contributed by atoms with Gasteiger partial charge >= 0.3 is 5.97 Å². The third-order valence-corrected chi connectivity index (χ3v) is 3.98. The van der Waals surface area contributed by atoms with Crippen molar-refractivity contribution in [3.63, 3.8) is 0 Å². The quantitative estimate of drug-likeness (QED) is 0.847. The Balaban J connectivity index is 2.29. The van der Waals surface area contributed by atoms with Crippen molar-refractivity contribution in [2.75, 3.05) is 0 Å². The molecule has 1 unspecified atom stereocenters. The Kier molecular flexibility index (Phi) is 4.92. The molecule has 22 heavy (non-hydrogen) atoms. The molecule has 116 valence electrons. The number of thioether (sulfide) groups is 1. The molecule has 1 N–H and O–H groups in total. The van der Waals surface area contributed by atoms with E-state index in [0.29, 0.717) is 5.75 Å². The minimum absolute atomic E-state index is 0.138. The van der Waals surface area contributed by atoms with E-state index >= 15 is 0 Å². The monoisotopic (exact) mass is 323 g/mol. The molecule has 0 spiro atoms. The molecule has 1 aromatic carbocycles. The molecule has 0 fully saturated rings. The third kappa shape index (κ3) is 3.70. The Labute approximate surface area is 130 Å². The molecule has 6 nitrogen and oxygen atoms in total. The molecule has 0 radical (unpaired) electrons. The second kappa shape index (κ2) is 6.69. The first-order chi connectivity index (χ1) is 10.4. The highest BCUT2D eigenvalue weighted by Crippen LogP contribution is 2.22. The molecule has 0 saturated carbocycles. The van der Waals surface area contributed by atoms with E-state index in [1.807, 2.05) is 0 Å². The van der Waals surface area contributed by atoms with Crippen LogP contribution in [0.15, 0.2) is 34.2 Å². The standard InChI is InChI=1S/C14H14FN3O3S/c1-8-12(19)16-14(18(17-8)9(2)13(20)21)22-7-10-3-5-11(15)6-4-10/h3-6,9H,7H2,1-2H3,(H,20,21). The van der Waals surface area contributed by atoms with E-state index in [0.717, 1.165) is 5.56 Å². The molecule has 2 aromatic rings. The highest BCUT2D eigenvalue weighted by molar-refractivity contribution is 7.98. The third-order valence-electron chi connectivity index (χ3n) is 2.97. The van der Waals surface area contributed by atoms with Gasteiger partial charge in [0.1, 0.15) is 17.6 Å². The lowest BCUT2D eigenvalue weighted by atomic mass is 10.2. The average Bonchev–Trinajstić information content (AvgIpc) is 2.48. The van der Waals surface area contributed by atoms with E-state index in [4.69, 9.17) is 5.11 Å². The number of carboxylic acids is 1. The van der Waals surface area contributed by atoms with Crippen LogP contribution in [0, 0.1) is 12.7 Å². The summed E-state index contributed by atoms with van der Waals surface area (Å²) < 4.78 is 14.1. The molecular formula is C14H14FN3O3S. The van der Waals surface area contributed by atoms with Crippen molar-refractivity contribution in [3.8, 4) is 0 Å². The van der Waals surface area contributed by atoms with Gasteiger partial charge in [0.2, 0.25) is 0 Å². The average molecular weight is 323 g/mol. The van der Waals surface area contributed by atoms with E-state index in [1.165, 1.54) is 42.4 Å². The first kappa shape index (κ1) is 16.2. The molecule has 0 aliphatic carbocycles. The summed E-state index contributed by atoms with van der Waals surface area (Å²) in [6, 6.07) is 4.97. The summed E-state index contributed by atoms with van der Waals surface area (Å²) in [6.07, 6.45) is 0. The lowest BCUT2D eigenvalue weighted by Gasteiger charge is -2.14. The van der Waals surface area contributed by atoms with Gasteiger partial charge in [0.05, 0.1) is 0 Å². The van der Waals surface area contributed by atoms with Crippen molar-refractivity contribution in [1.82, 2.24) is 14.8 Å². The predicted octanol–water partition coefficient (Wildman–Crippen LogP) is 2.02. The maximum absolute atomic E-state index is 12.9. The number of rotatable bonds is 5. The second-order valence-electron chi connectivity index (χ2n) is 4.66. The van der Waals surface area contributed by atoms with Crippen LogP contribution in [0.4, 0.5) is 4.39 Å². The van der Waals surface area contributed by atoms with Crippen LogP contribution in [0.1, 0.15) is 24.2 Å². The number of carboxylic acid groups (broad SMARTS) is 1. The van der Waals surface area contributed by atoms with E-state index in [2.05, 4.69) is 10.1 Å². The van der Waals surface area contributed by atoms with Gasteiger partial charge in [-0.25, -0.2) is 13.9 Å². The molecule has 2 rings (SSSR count). The number of aromatic nitrogens is 3. The van der Waals surface area contributed by atoms with Crippen LogP contribution < -0.4 is 5.56 Å². The zero-order valence-corrected chi connectivity index (χ0v) is 12.8. The van der Waals surface area contributed by atoms with Crippen molar-refractivity contribution in [3.05, 3.63) is 51.7 Å². The normalized spacial score (nSPS) is 12.1. The molecule has 1 heterocycles. The molecular weight excluding hydrogens is 309 g/mol. The van der Waals surface area contributed by atoms with Crippen molar-refractivity contribution in [2.24, 2.45) is 0 Å². The minimum Gasteiger partial charge on any atom is -0.480 e. The summed E-state index contributed by atoms with van der Waals surface area (Å²) >= 11 is 1.18. The lowest BCUT2D eigenvalue weighted by molar-refractivity contribution is -0.140. The largest absolute Gasteiger partial charge is 0.480 e. The molecule has 1 aromatic heterocycles. The van der Waals surface area contributed by atoms with Crippen LogP contribution >= 0.6 is 11.8 Å². The number of nitrogens with zero attached hydrogens (tertiary/aromatic N) is 3. The molecule has 0 aliphatic heterocycles. The highest BCUT2D eigenvalue weighted by atomic mass is 32.2. The summed E-state index contributed by atoms with van der Waals surface area (Å²) in [7, 11) is 0. The van der Waals surface area contributed by atoms with Gasteiger partial charge in [-0.2, -0.15) is 10.1 Å². The number of carbonyl (C=O) groups is 1. The van der Waals surface area contributed by atoms with Crippen LogP contribution in [-0.2, 0) is 10.5 Å². The topological polar surface area (TPSA) is 85.1 Å². The summed E-state index contributed by atoms with van der Waals surface area (Å²) in [6.45, 7) is 2.94. The van der Waals surface area contributed by atoms with Gasteiger partial charge in [-0.15, -0.1) is 0 Å². The smallest absolute Gasteiger partial charge is 0.328 e. The SMILES string of the molecule is Cc1nn(C(C)C(=O)O)c(SCc2ccc(F)cc2)nc1=O. The first-order valence-electron chi connectivity index (χ1n) is 6.46. The number of aryl methyl sites for hydroxylation is 1. The fourth-order valence-corrected chi connectivity index (χ4v) is 2.62. The van der Waals surface area contributed by atoms with Crippen LogP contribution in [0.2, 0.25) is 0 Å². The maximum atomic E-state index is 12.9. The Bertz CT molecular complexity index is 746. The van der Waals surface area contributed by atoms with Crippen molar-refractivity contribution in [1.29, 1.82) is 0 Å². The van der Waals surface area contributed by atoms with Gasteiger partial charge in [0, 0.05) is 5.75 Å². The number of benzene rings is 1. The van der Waals surface area contributed by atoms with E-state index < -0.39 is 17.6 Å². The number of halogens is 1. The Morgan fingerprint density at radius 1 is 1.41 bits per heavy atom. The molecule has 0 aliphatic rings. The Morgan fingerprint density at radius 2 is 2.05 bits per heavy atom. The van der Waals surface area contributed by atoms with E-state index in [9.17, 15) is 14.0 Å².